The Labute approximate surface area is 289 Å². The molecule has 0 N–H and O–H groups in total. The molecule has 0 unspecified atom stereocenters. The maximum Gasteiger partial charge on any atom is 0.119 e. The first-order valence-electron chi connectivity index (χ1n) is 17.6. The number of methoxy groups -OCH3 is 1. The molecule has 0 fully saturated rings. The molecule has 2 aliphatic carbocycles. The van der Waals surface area contributed by atoms with Crippen LogP contribution in [0, 0.1) is 0 Å². The fraction of sp³-hybridized carbons (Fsp3) is 0.362. The number of fused-ring (bicyclic) bond motifs is 6. The quantitative estimate of drug-likeness (QED) is 0.187. The number of benzene rings is 5. The van der Waals surface area contributed by atoms with Crippen molar-refractivity contribution < 1.29 is 4.74 Å². The van der Waals surface area contributed by atoms with Crippen LogP contribution < -0.4 is 4.74 Å². The first-order chi connectivity index (χ1) is 22.4. The molecule has 0 spiro atoms. The van der Waals surface area contributed by atoms with E-state index in [4.69, 9.17) is 4.74 Å². The summed E-state index contributed by atoms with van der Waals surface area (Å²) in [5, 5.41) is 0. The molecule has 0 aromatic heterocycles. The summed E-state index contributed by atoms with van der Waals surface area (Å²) in [5.41, 5.74) is 17.4. The van der Waals surface area contributed by atoms with Gasteiger partial charge in [-0.2, -0.15) is 0 Å². The van der Waals surface area contributed by atoms with Crippen molar-refractivity contribution in [2.45, 2.75) is 103 Å². The predicted octanol–water partition coefficient (Wildman–Crippen LogP) is 12.3. The third-order valence-electron chi connectivity index (χ3n) is 12.2. The molecule has 1 nitrogen and oxygen atoms in total. The molecule has 0 atom stereocenters. The summed E-state index contributed by atoms with van der Waals surface area (Å²) in [6.45, 7) is 25.8. The standard InChI is InChI=1S/C47H52O/c1-43(2,3)32-23-33(25-34(24-32)48-12)45(6,7)31-19-22-38-37-21-18-30(27-41(37)47(10,11)42(38)28-31)44(4,5)29-17-20-36-35-15-13-14-16-39(35)46(8,9)40(36)26-29/h13-28H,1-12H3. The number of hydrogen-bond donors (Lipinski definition) is 0. The van der Waals surface area contributed by atoms with Gasteiger partial charge in [0.15, 0.2) is 0 Å². The van der Waals surface area contributed by atoms with Gasteiger partial charge in [0.2, 0.25) is 0 Å². The van der Waals surface area contributed by atoms with E-state index in [-0.39, 0.29) is 27.1 Å². The third kappa shape index (κ3) is 4.72. The second kappa shape index (κ2) is 10.4. The molecule has 0 saturated heterocycles. The Bertz CT molecular complexity index is 2090. The average Bonchev–Trinajstić information content (AvgIpc) is 3.42. The van der Waals surface area contributed by atoms with Gasteiger partial charge in [0.05, 0.1) is 7.11 Å². The van der Waals surface area contributed by atoms with Crippen LogP contribution in [0.2, 0.25) is 0 Å². The van der Waals surface area contributed by atoms with E-state index in [1.54, 1.807) is 7.11 Å². The average molecular weight is 633 g/mol. The minimum atomic E-state index is -0.192. The van der Waals surface area contributed by atoms with Gasteiger partial charge in [0.1, 0.15) is 5.75 Å². The van der Waals surface area contributed by atoms with Gasteiger partial charge in [0, 0.05) is 21.7 Å². The zero-order chi connectivity index (χ0) is 34.6. The lowest BCUT2D eigenvalue weighted by Crippen LogP contribution is -2.23. The summed E-state index contributed by atoms with van der Waals surface area (Å²) in [5.74, 6) is 0.922. The van der Waals surface area contributed by atoms with Crippen molar-refractivity contribution in [1.82, 2.24) is 0 Å². The highest BCUT2D eigenvalue weighted by Crippen LogP contribution is 2.53. The molecule has 7 rings (SSSR count). The summed E-state index contributed by atoms with van der Waals surface area (Å²) >= 11 is 0. The Kier molecular flexibility index (Phi) is 7.06. The fourth-order valence-electron chi connectivity index (χ4n) is 8.45. The lowest BCUT2D eigenvalue weighted by molar-refractivity contribution is 0.411. The highest BCUT2D eigenvalue weighted by Gasteiger charge is 2.40. The fourth-order valence-corrected chi connectivity index (χ4v) is 8.45. The molecule has 0 amide bonds. The SMILES string of the molecule is COc1cc(C(C)(C)C)cc(C(C)(C)c2ccc3c(c2)C(C)(C)c2cc(C(C)(C)c4ccc5c(c4)C(C)(C)c4ccccc4-5)ccc2-3)c1. The van der Waals surface area contributed by atoms with Crippen LogP contribution in [0.5, 0.6) is 5.75 Å². The van der Waals surface area contributed by atoms with Crippen molar-refractivity contribution in [1.29, 1.82) is 0 Å². The van der Waals surface area contributed by atoms with E-state index < -0.39 is 0 Å². The van der Waals surface area contributed by atoms with Crippen LogP contribution in [0.4, 0.5) is 0 Å². The first kappa shape index (κ1) is 32.4. The van der Waals surface area contributed by atoms with Crippen LogP contribution in [0.3, 0.4) is 0 Å². The molecule has 0 bridgehead atoms. The smallest absolute Gasteiger partial charge is 0.119 e. The van der Waals surface area contributed by atoms with E-state index in [2.05, 4.69) is 173 Å². The van der Waals surface area contributed by atoms with Gasteiger partial charge >= 0.3 is 0 Å². The minimum absolute atomic E-state index is 0.00966. The van der Waals surface area contributed by atoms with E-state index in [0.29, 0.717) is 0 Å². The predicted molar refractivity (Wildman–Crippen MR) is 204 cm³/mol. The molecule has 1 heteroatoms. The van der Waals surface area contributed by atoms with Crippen LogP contribution in [0.25, 0.3) is 22.3 Å². The number of hydrogen-bond acceptors (Lipinski definition) is 1. The molecule has 0 saturated carbocycles. The minimum Gasteiger partial charge on any atom is -0.497 e. The first-order valence-corrected chi connectivity index (χ1v) is 17.6. The number of rotatable bonds is 5. The summed E-state index contributed by atoms with van der Waals surface area (Å²) in [6.07, 6.45) is 0. The largest absolute Gasteiger partial charge is 0.497 e. The van der Waals surface area contributed by atoms with Gasteiger partial charge < -0.3 is 4.74 Å². The van der Waals surface area contributed by atoms with Crippen molar-refractivity contribution in [3.05, 3.63) is 147 Å². The van der Waals surface area contributed by atoms with E-state index in [1.165, 1.54) is 72.3 Å². The molecule has 2 aliphatic rings. The Hall–Kier alpha value is -4.10. The van der Waals surface area contributed by atoms with Gasteiger partial charge in [-0.15, -0.1) is 0 Å². The monoisotopic (exact) mass is 632 g/mol. The van der Waals surface area contributed by atoms with Gasteiger partial charge in [0.25, 0.3) is 0 Å². The summed E-state index contributed by atoms with van der Waals surface area (Å²) in [6, 6.07) is 37.4. The van der Waals surface area contributed by atoms with Crippen LogP contribution in [-0.4, -0.2) is 7.11 Å². The maximum atomic E-state index is 5.79. The van der Waals surface area contributed by atoms with Gasteiger partial charge in [-0.25, -0.2) is 0 Å². The Morgan fingerprint density at radius 3 is 1.27 bits per heavy atom. The Morgan fingerprint density at radius 1 is 0.417 bits per heavy atom. The Morgan fingerprint density at radius 2 is 0.812 bits per heavy atom. The second-order valence-electron chi connectivity index (χ2n) is 17.5. The van der Waals surface area contributed by atoms with Crippen molar-refractivity contribution >= 4 is 0 Å². The molecule has 0 radical (unpaired) electrons. The summed E-state index contributed by atoms with van der Waals surface area (Å²) < 4.78 is 5.79. The molecule has 5 aromatic rings. The lowest BCUT2D eigenvalue weighted by Gasteiger charge is -2.31. The molecular formula is C47H52O. The Balaban J connectivity index is 1.26. The van der Waals surface area contributed by atoms with E-state index >= 15 is 0 Å². The van der Waals surface area contributed by atoms with Gasteiger partial charge in [-0.1, -0.05) is 161 Å². The van der Waals surface area contributed by atoms with Crippen LogP contribution in [0.1, 0.15) is 126 Å². The maximum absolute atomic E-state index is 5.79. The molecular weight excluding hydrogens is 581 g/mol. The third-order valence-corrected chi connectivity index (χ3v) is 12.2. The molecule has 0 aliphatic heterocycles. The van der Waals surface area contributed by atoms with Crippen LogP contribution in [-0.2, 0) is 27.1 Å². The normalized spacial score (nSPS) is 15.8. The molecule has 0 heterocycles. The van der Waals surface area contributed by atoms with Crippen molar-refractivity contribution in [2.75, 3.05) is 7.11 Å². The topological polar surface area (TPSA) is 9.23 Å². The van der Waals surface area contributed by atoms with Crippen molar-refractivity contribution in [2.24, 2.45) is 0 Å². The molecule has 5 aromatic carbocycles. The van der Waals surface area contributed by atoms with Gasteiger partial charge in [-0.3, -0.25) is 0 Å². The molecule has 246 valence electrons. The van der Waals surface area contributed by atoms with Crippen LogP contribution >= 0.6 is 0 Å². The van der Waals surface area contributed by atoms with E-state index in [1.807, 2.05) is 0 Å². The molecule has 48 heavy (non-hydrogen) atoms. The number of ether oxygens (including phenoxy) is 1. The second-order valence-corrected chi connectivity index (χ2v) is 17.5. The highest BCUT2D eigenvalue weighted by molar-refractivity contribution is 5.83. The summed E-state index contributed by atoms with van der Waals surface area (Å²) in [7, 11) is 1.77. The van der Waals surface area contributed by atoms with Crippen molar-refractivity contribution in [3.8, 4) is 28.0 Å². The zero-order valence-electron chi connectivity index (χ0n) is 31.1. The zero-order valence-corrected chi connectivity index (χ0v) is 31.1. The van der Waals surface area contributed by atoms with Gasteiger partial charge in [-0.05, 0) is 89.9 Å². The van der Waals surface area contributed by atoms with Crippen molar-refractivity contribution in [3.63, 3.8) is 0 Å². The van der Waals surface area contributed by atoms with Crippen LogP contribution in [0.15, 0.2) is 97.1 Å². The lowest BCUT2D eigenvalue weighted by atomic mass is 9.72. The van der Waals surface area contributed by atoms with E-state index in [9.17, 15) is 0 Å². The highest BCUT2D eigenvalue weighted by atomic mass is 16.5. The summed E-state index contributed by atoms with van der Waals surface area (Å²) in [4.78, 5) is 0. The van der Waals surface area contributed by atoms with E-state index in [0.717, 1.165) is 5.75 Å².